The van der Waals surface area contributed by atoms with Crippen molar-refractivity contribution in [3.05, 3.63) is 34.9 Å². The fourth-order valence-corrected chi connectivity index (χ4v) is 2.98. The second kappa shape index (κ2) is 8.60. The molecule has 0 saturated carbocycles. The molecule has 1 aliphatic heterocycles. The highest BCUT2D eigenvalue weighted by Gasteiger charge is 2.38. The van der Waals surface area contributed by atoms with Crippen LogP contribution in [0.25, 0.3) is 0 Å². The smallest absolute Gasteiger partial charge is 0.355 e. The van der Waals surface area contributed by atoms with Gasteiger partial charge in [-0.25, -0.2) is 0 Å². The maximum absolute atomic E-state index is 13.0. The largest absolute Gasteiger partial charge is 0.416 e. The molecule has 1 aromatic carbocycles. The fraction of sp³-hybridized carbons (Fsp3) is 0.556. The molecule has 0 bridgehead atoms. The maximum atomic E-state index is 13.0. The van der Waals surface area contributed by atoms with E-state index in [4.69, 9.17) is 0 Å². The molecular weight excluding hydrogens is 404 g/mol. The minimum atomic E-state index is -4.96. The van der Waals surface area contributed by atoms with Crippen molar-refractivity contribution in [1.29, 1.82) is 0 Å². The van der Waals surface area contributed by atoms with E-state index in [2.05, 4.69) is 5.32 Å². The van der Waals surface area contributed by atoms with E-state index in [0.717, 1.165) is 4.90 Å². The van der Waals surface area contributed by atoms with E-state index in [1.165, 1.54) is 0 Å². The topological polar surface area (TPSA) is 52.7 Å². The van der Waals surface area contributed by atoms with Crippen molar-refractivity contribution < 1.29 is 35.9 Å². The molecule has 2 amide bonds. The first-order valence-corrected chi connectivity index (χ1v) is 8.76. The molecule has 1 atom stereocenters. The van der Waals surface area contributed by atoms with Crippen molar-refractivity contribution >= 4 is 11.8 Å². The zero-order valence-electron chi connectivity index (χ0n) is 15.8. The van der Waals surface area contributed by atoms with Crippen LogP contribution in [0.15, 0.2) is 18.2 Å². The van der Waals surface area contributed by atoms with Crippen molar-refractivity contribution in [2.45, 2.75) is 25.3 Å². The third-order valence-corrected chi connectivity index (χ3v) is 4.46. The number of hydrogen-bond donors (Lipinski definition) is 1. The highest BCUT2D eigenvalue weighted by molar-refractivity contribution is 5.89. The normalized spacial score (nSPS) is 17.9. The van der Waals surface area contributed by atoms with Crippen LogP contribution in [0.1, 0.15) is 23.1 Å². The summed E-state index contributed by atoms with van der Waals surface area (Å²) >= 11 is 0. The number of alkyl halides is 6. The molecule has 2 rings (SSSR count). The van der Waals surface area contributed by atoms with Crippen LogP contribution in [0.3, 0.4) is 0 Å². The molecule has 1 fully saturated rings. The highest BCUT2D eigenvalue weighted by Crippen LogP contribution is 2.36. The van der Waals surface area contributed by atoms with Crippen LogP contribution in [0.5, 0.6) is 0 Å². The number of likely N-dealkylation sites (tertiary alicyclic amines) is 1. The monoisotopic (exact) mass is 425 g/mol. The van der Waals surface area contributed by atoms with Crippen molar-refractivity contribution in [3.8, 4) is 0 Å². The predicted molar refractivity (Wildman–Crippen MR) is 91.5 cm³/mol. The van der Waals surface area contributed by atoms with Crippen molar-refractivity contribution in [3.63, 3.8) is 0 Å². The molecule has 0 radical (unpaired) electrons. The van der Waals surface area contributed by atoms with Gasteiger partial charge in [0.2, 0.25) is 11.8 Å². The Bertz CT molecular complexity index is 729. The van der Waals surface area contributed by atoms with Crippen LogP contribution in [-0.4, -0.2) is 55.3 Å². The summed E-state index contributed by atoms with van der Waals surface area (Å²) in [7, 11) is 3.63. The number of carbonyl (C=O) groups excluding carboxylic acids is 2. The predicted octanol–water partition coefficient (Wildman–Crippen LogP) is 2.75. The van der Waals surface area contributed by atoms with Gasteiger partial charge in [0.1, 0.15) is 0 Å². The summed E-state index contributed by atoms with van der Waals surface area (Å²) in [6.45, 7) is 0.442. The van der Waals surface area contributed by atoms with Gasteiger partial charge in [-0.15, -0.1) is 0 Å². The number of halogens is 6. The third-order valence-electron chi connectivity index (χ3n) is 4.46. The highest BCUT2D eigenvalue weighted by atomic mass is 19.4. The quantitative estimate of drug-likeness (QED) is 0.714. The molecule has 162 valence electrons. The van der Waals surface area contributed by atoms with Crippen molar-refractivity contribution in [2.24, 2.45) is 5.92 Å². The van der Waals surface area contributed by atoms with Crippen LogP contribution in [0.2, 0.25) is 0 Å². The summed E-state index contributed by atoms with van der Waals surface area (Å²) in [4.78, 5) is 27.2. The van der Waals surface area contributed by atoms with Gasteiger partial charge in [0, 0.05) is 32.6 Å². The average Bonchev–Trinajstić information content (AvgIpc) is 2.93. The van der Waals surface area contributed by atoms with Gasteiger partial charge < -0.3 is 15.1 Å². The zero-order valence-corrected chi connectivity index (χ0v) is 15.8. The molecule has 1 N–H and O–H groups in total. The van der Waals surface area contributed by atoms with Crippen LogP contribution < -0.4 is 5.32 Å². The molecule has 5 nitrogen and oxygen atoms in total. The van der Waals surface area contributed by atoms with Gasteiger partial charge in [-0.2, -0.15) is 26.3 Å². The lowest BCUT2D eigenvalue weighted by Gasteiger charge is -2.19. The lowest BCUT2D eigenvalue weighted by atomic mass is 10.0. The van der Waals surface area contributed by atoms with Gasteiger partial charge in [-0.3, -0.25) is 9.59 Å². The summed E-state index contributed by atoms with van der Waals surface area (Å²) in [5.41, 5.74) is -3.17. The number of nitrogens with zero attached hydrogens (tertiary/aromatic N) is 2. The van der Waals surface area contributed by atoms with Gasteiger partial charge in [0.15, 0.2) is 0 Å². The molecule has 11 heteroatoms. The summed E-state index contributed by atoms with van der Waals surface area (Å²) in [5, 5.41) is 2.66. The Kier molecular flexibility index (Phi) is 6.82. The van der Waals surface area contributed by atoms with Crippen molar-refractivity contribution in [1.82, 2.24) is 15.1 Å². The number of carbonyl (C=O) groups is 2. The van der Waals surface area contributed by atoms with E-state index >= 15 is 0 Å². The van der Waals surface area contributed by atoms with E-state index in [9.17, 15) is 35.9 Å². The maximum Gasteiger partial charge on any atom is 0.416 e. The van der Waals surface area contributed by atoms with Crippen molar-refractivity contribution in [2.75, 3.05) is 33.7 Å². The number of nitrogens with one attached hydrogen (secondary N) is 1. The SMILES string of the molecule is CN(C)CCNC(=O)[C@@H]1CC(=O)N(Cc2cc(C(F)(F)F)cc(C(F)(F)F)c2)C1. The summed E-state index contributed by atoms with van der Waals surface area (Å²) in [6, 6.07) is 1.22. The zero-order chi connectivity index (χ0) is 22.0. The Hall–Kier alpha value is -2.30. The van der Waals surface area contributed by atoms with Crippen LogP contribution in [0, 0.1) is 5.92 Å². The van der Waals surface area contributed by atoms with Gasteiger partial charge in [0.05, 0.1) is 17.0 Å². The first-order chi connectivity index (χ1) is 13.3. The summed E-state index contributed by atoms with van der Waals surface area (Å²) < 4.78 is 77.8. The number of likely N-dealkylation sites (N-methyl/N-ethyl adjacent to an activating group) is 1. The Morgan fingerprint density at radius 2 is 1.66 bits per heavy atom. The third kappa shape index (κ3) is 6.34. The molecule has 29 heavy (non-hydrogen) atoms. The van der Waals surface area contributed by atoms with E-state index in [1.807, 2.05) is 19.0 Å². The molecule has 1 aliphatic rings. The molecular formula is C18H21F6N3O2. The molecule has 1 heterocycles. The first kappa shape index (κ1) is 23.0. The minimum Gasteiger partial charge on any atom is -0.355 e. The second-order valence-electron chi connectivity index (χ2n) is 7.18. The number of amides is 2. The molecule has 0 aromatic heterocycles. The second-order valence-corrected chi connectivity index (χ2v) is 7.18. The molecule has 0 unspecified atom stereocenters. The standard InChI is InChI=1S/C18H21F6N3O2/c1-26(2)4-3-25-16(29)12-7-15(28)27(10-12)9-11-5-13(17(19,20)21)8-14(6-11)18(22,23)24/h5-6,8,12H,3-4,7,9-10H2,1-2H3,(H,25,29)/t12-/m1/s1. The minimum absolute atomic E-state index is 0.0380. The van der Waals surface area contributed by atoms with E-state index in [0.29, 0.717) is 25.2 Å². The Balaban J connectivity index is 2.13. The first-order valence-electron chi connectivity index (χ1n) is 8.76. The summed E-state index contributed by atoms with van der Waals surface area (Å²) in [6.07, 6.45) is -10.1. The van der Waals surface area contributed by atoms with E-state index in [-0.39, 0.29) is 30.5 Å². The lowest BCUT2D eigenvalue weighted by molar-refractivity contribution is -0.143. The van der Waals surface area contributed by atoms with Gasteiger partial charge >= 0.3 is 12.4 Å². The van der Waals surface area contributed by atoms with E-state index < -0.39 is 41.8 Å². The van der Waals surface area contributed by atoms with Gasteiger partial charge in [0.25, 0.3) is 0 Å². The van der Waals surface area contributed by atoms with E-state index in [1.54, 1.807) is 0 Å². The molecule has 1 aromatic rings. The molecule has 0 aliphatic carbocycles. The average molecular weight is 425 g/mol. The van der Waals surface area contributed by atoms with Gasteiger partial charge in [-0.05, 0) is 37.9 Å². The lowest BCUT2D eigenvalue weighted by Crippen LogP contribution is -2.36. The number of hydrogen-bond acceptors (Lipinski definition) is 3. The number of benzene rings is 1. The van der Waals surface area contributed by atoms with Crippen LogP contribution in [-0.2, 0) is 28.5 Å². The Labute approximate surface area is 163 Å². The fourth-order valence-electron chi connectivity index (χ4n) is 2.98. The van der Waals surface area contributed by atoms with Gasteiger partial charge in [-0.1, -0.05) is 0 Å². The molecule has 0 spiro atoms. The number of rotatable bonds is 6. The van der Waals surface area contributed by atoms with Crippen LogP contribution >= 0.6 is 0 Å². The van der Waals surface area contributed by atoms with Crippen LogP contribution in [0.4, 0.5) is 26.3 Å². The Morgan fingerprint density at radius 1 is 1.10 bits per heavy atom. The Morgan fingerprint density at radius 3 is 2.14 bits per heavy atom. The summed E-state index contributed by atoms with van der Waals surface area (Å²) in [5.74, 6) is -1.57. The molecule has 1 saturated heterocycles.